The fourth-order valence-corrected chi connectivity index (χ4v) is 3.44. The Bertz CT molecular complexity index is 761. The number of anilines is 2. The van der Waals surface area contributed by atoms with E-state index in [1.165, 1.54) is 18.2 Å². The normalized spacial score (nSPS) is 11.3. The summed E-state index contributed by atoms with van der Waals surface area (Å²) in [6, 6.07) is 9.30. The Balaban J connectivity index is 2.43. The molecule has 0 saturated heterocycles. The molecule has 4 nitrogen and oxygen atoms in total. The molecule has 0 spiro atoms. The molecule has 0 aromatic heterocycles. The van der Waals surface area contributed by atoms with E-state index < -0.39 is 10.0 Å². The lowest BCUT2D eigenvalue weighted by Crippen LogP contribution is -2.14. The van der Waals surface area contributed by atoms with E-state index in [1.807, 2.05) is 0 Å². The average Bonchev–Trinajstić information content (AvgIpc) is 2.33. The Morgan fingerprint density at radius 3 is 2.50 bits per heavy atom. The van der Waals surface area contributed by atoms with Gasteiger partial charge < -0.3 is 5.73 Å². The molecule has 0 amide bonds. The molecule has 0 unspecified atom stereocenters. The van der Waals surface area contributed by atoms with Gasteiger partial charge in [-0.05, 0) is 42.8 Å². The van der Waals surface area contributed by atoms with Gasteiger partial charge in [0, 0.05) is 5.02 Å². The molecule has 3 N–H and O–H groups in total. The summed E-state index contributed by atoms with van der Waals surface area (Å²) in [4.78, 5) is 0.0828. The highest BCUT2D eigenvalue weighted by molar-refractivity contribution is 7.92. The number of benzene rings is 2. The Labute approximate surface area is 127 Å². The minimum absolute atomic E-state index is 0.0828. The molecular formula is C13H12Cl2N2O2S. The number of rotatable bonds is 3. The molecule has 0 aliphatic carbocycles. The van der Waals surface area contributed by atoms with Crippen LogP contribution in [0.1, 0.15) is 5.56 Å². The quantitative estimate of drug-likeness (QED) is 0.843. The van der Waals surface area contributed by atoms with Crippen LogP contribution < -0.4 is 10.5 Å². The molecule has 0 atom stereocenters. The molecule has 0 aliphatic heterocycles. The van der Waals surface area contributed by atoms with Crippen LogP contribution in [0.15, 0.2) is 41.3 Å². The fraction of sp³-hybridized carbons (Fsp3) is 0.0769. The highest BCUT2D eigenvalue weighted by atomic mass is 35.5. The van der Waals surface area contributed by atoms with Crippen molar-refractivity contribution in [2.24, 2.45) is 0 Å². The van der Waals surface area contributed by atoms with Gasteiger partial charge >= 0.3 is 0 Å². The molecule has 0 bridgehead atoms. The molecule has 2 aromatic rings. The van der Waals surface area contributed by atoms with Gasteiger partial charge in [0.2, 0.25) is 0 Å². The third-order valence-electron chi connectivity index (χ3n) is 2.66. The van der Waals surface area contributed by atoms with Gasteiger partial charge in [0.25, 0.3) is 10.0 Å². The summed E-state index contributed by atoms with van der Waals surface area (Å²) >= 11 is 11.7. The van der Waals surface area contributed by atoms with E-state index >= 15 is 0 Å². The van der Waals surface area contributed by atoms with Crippen LogP contribution in [-0.4, -0.2) is 8.42 Å². The summed E-state index contributed by atoms with van der Waals surface area (Å²) in [5, 5.41) is 0.766. The van der Waals surface area contributed by atoms with Crippen molar-refractivity contribution in [3.63, 3.8) is 0 Å². The van der Waals surface area contributed by atoms with Crippen LogP contribution in [0.4, 0.5) is 11.4 Å². The van der Waals surface area contributed by atoms with Crippen LogP contribution in [-0.2, 0) is 10.0 Å². The van der Waals surface area contributed by atoms with Crippen molar-refractivity contribution < 1.29 is 8.42 Å². The van der Waals surface area contributed by atoms with Crippen LogP contribution in [0.25, 0.3) is 0 Å². The van der Waals surface area contributed by atoms with Gasteiger partial charge in [-0.1, -0.05) is 29.3 Å². The third kappa shape index (κ3) is 3.17. The molecule has 20 heavy (non-hydrogen) atoms. The second-order valence-electron chi connectivity index (χ2n) is 4.26. The lowest BCUT2D eigenvalue weighted by molar-refractivity contribution is 0.600. The van der Waals surface area contributed by atoms with Crippen molar-refractivity contribution in [3.05, 3.63) is 52.0 Å². The maximum absolute atomic E-state index is 12.3. The van der Waals surface area contributed by atoms with Crippen molar-refractivity contribution in [2.45, 2.75) is 11.8 Å². The Hall–Kier alpha value is -1.43. The summed E-state index contributed by atoms with van der Waals surface area (Å²) in [6.45, 7) is 1.65. The first-order valence-electron chi connectivity index (χ1n) is 5.63. The number of hydrogen-bond acceptors (Lipinski definition) is 3. The number of sulfonamides is 1. The van der Waals surface area contributed by atoms with Gasteiger partial charge in [-0.2, -0.15) is 0 Å². The molecule has 7 heteroatoms. The molecule has 0 fully saturated rings. The van der Waals surface area contributed by atoms with Crippen LogP contribution in [0.5, 0.6) is 0 Å². The maximum atomic E-state index is 12.3. The topological polar surface area (TPSA) is 72.2 Å². The van der Waals surface area contributed by atoms with E-state index in [0.29, 0.717) is 21.3 Å². The number of hydrogen-bond donors (Lipinski definition) is 2. The van der Waals surface area contributed by atoms with E-state index in [-0.39, 0.29) is 10.6 Å². The molecule has 2 rings (SSSR count). The molecule has 0 aliphatic rings. The number of nitrogens with one attached hydrogen (secondary N) is 1. The summed E-state index contributed by atoms with van der Waals surface area (Å²) in [5.41, 5.74) is 6.76. The first-order chi connectivity index (χ1) is 9.29. The van der Waals surface area contributed by atoms with Gasteiger partial charge in [-0.25, -0.2) is 8.42 Å². The van der Waals surface area contributed by atoms with Gasteiger partial charge in [-0.15, -0.1) is 0 Å². The summed E-state index contributed by atoms with van der Waals surface area (Å²) in [5.74, 6) is 0. The standard InChI is InChI=1S/C13H12Cl2N2O2S/c1-8-5-11(15)12(16)7-13(8)20(18,19)17-10-4-2-3-9(14)6-10/h2-7,17H,16H2,1H3. The van der Waals surface area contributed by atoms with Gasteiger partial charge in [0.05, 0.1) is 21.3 Å². The highest BCUT2D eigenvalue weighted by Crippen LogP contribution is 2.28. The van der Waals surface area contributed by atoms with Gasteiger partial charge in [0.15, 0.2) is 0 Å². The summed E-state index contributed by atoms with van der Waals surface area (Å²) < 4.78 is 27.1. The maximum Gasteiger partial charge on any atom is 0.262 e. The van der Waals surface area contributed by atoms with Crippen molar-refractivity contribution in [2.75, 3.05) is 10.5 Å². The molecule has 2 aromatic carbocycles. The van der Waals surface area contributed by atoms with Crippen LogP contribution in [0, 0.1) is 6.92 Å². The first kappa shape index (κ1) is 15.0. The first-order valence-corrected chi connectivity index (χ1v) is 7.87. The lowest BCUT2D eigenvalue weighted by atomic mass is 10.2. The Kier molecular flexibility index (Phi) is 4.13. The summed E-state index contributed by atoms with van der Waals surface area (Å²) in [6.07, 6.45) is 0. The molecule has 0 radical (unpaired) electrons. The van der Waals surface area contributed by atoms with Gasteiger partial charge in [0.1, 0.15) is 0 Å². The monoisotopic (exact) mass is 330 g/mol. The minimum Gasteiger partial charge on any atom is -0.397 e. The second-order valence-corrected chi connectivity index (χ2v) is 6.75. The van der Waals surface area contributed by atoms with Crippen LogP contribution in [0.2, 0.25) is 10.0 Å². The van der Waals surface area contributed by atoms with Crippen molar-refractivity contribution in [1.29, 1.82) is 0 Å². The summed E-state index contributed by atoms with van der Waals surface area (Å²) in [7, 11) is -3.75. The number of halogens is 2. The van der Waals surface area contributed by atoms with Crippen molar-refractivity contribution in [3.8, 4) is 0 Å². The van der Waals surface area contributed by atoms with E-state index in [0.717, 1.165) is 0 Å². The average molecular weight is 331 g/mol. The van der Waals surface area contributed by atoms with E-state index in [2.05, 4.69) is 4.72 Å². The fourth-order valence-electron chi connectivity index (χ4n) is 1.72. The Morgan fingerprint density at radius 1 is 1.15 bits per heavy atom. The largest absolute Gasteiger partial charge is 0.397 e. The molecular weight excluding hydrogens is 319 g/mol. The number of aryl methyl sites for hydroxylation is 1. The van der Waals surface area contributed by atoms with Crippen molar-refractivity contribution >= 4 is 44.6 Å². The SMILES string of the molecule is Cc1cc(Cl)c(N)cc1S(=O)(=O)Nc1cccc(Cl)c1. The van der Waals surface area contributed by atoms with E-state index in [4.69, 9.17) is 28.9 Å². The van der Waals surface area contributed by atoms with Crippen LogP contribution >= 0.6 is 23.2 Å². The lowest BCUT2D eigenvalue weighted by Gasteiger charge is -2.12. The zero-order chi connectivity index (χ0) is 14.9. The molecule has 0 saturated carbocycles. The predicted molar refractivity (Wildman–Crippen MR) is 82.9 cm³/mol. The van der Waals surface area contributed by atoms with Crippen LogP contribution in [0.3, 0.4) is 0 Å². The zero-order valence-corrected chi connectivity index (χ0v) is 12.9. The Morgan fingerprint density at radius 2 is 1.85 bits per heavy atom. The highest BCUT2D eigenvalue weighted by Gasteiger charge is 2.18. The molecule has 0 heterocycles. The number of nitrogen functional groups attached to an aromatic ring is 1. The van der Waals surface area contributed by atoms with Gasteiger partial charge in [-0.3, -0.25) is 4.72 Å². The van der Waals surface area contributed by atoms with E-state index in [9.17, 15) is 8.42 Å². The number of nitrogens with two attached hydrogens (primary N) is 1. The van der Waals surface area contributed by atoms with Crippen molar-refractivity contribution in [1.82, 2.24) is 0 Å². The minimum atomic E-state index is -3.75. The second kappa shape index (κ2) is 5.52. The smallest absolute Gasteiger partial charge is 0.262 e. The zero-order valence-electron chi connectivity index (χ0n) is 10.5. The van der Waals surface area contributed by atoms with E-state index in [1.54, 1.807) is 25.1 Å². The molecule has 106 valence electrons. The third-order valence-corrected chi connectivity index (χ3v) is 4.75. The predicted octanol–water partition coefficient (Wildman–Crippen LogP) is 3.68.